The summed E-state index contributed by atoms with van der Waals surface area (Å²) in [6.07, 6.45) is 6.27. The Hall–Kier alpha value is -0.200. The minimum atomic E-state index is -0.660. The third-order valence-electron chi connectivity index (χ3n) is 11.9. The molecule has 32 heavy (non-hydrogen) atoms. The van der Waals surface area contributed by atoms with Gasteiger partial charge < -0.3 is 24.8 Å². The molecule has 3 N–H and O–H groups in total. The number of hydrogen-bond acceptors (Lipinski definition) is 5. The van der Waals surface area contributed by atoms with Gasteiger partial charge in [-0.15, -0.1) is 0 Å². The van der Waals surface area contributed by atoms with Gasteiger partial charge in [0.15, 0.2) is 5.79 Å². The molecule has 0 bridgehead atoms. The van der Waals surface area contributed by atoms with Crippen LogP contribution in [0.3, 0.4) is 0 Å². The molecule has 6 rings (SSSR count). The molecule has 6 aliphatic rings. The van der Waals surface area contributed by atoms with Crippen molar-refractivity contribution in [2.45, 2.75) is 109 Å². The summed E-state index contributed by atoms with van der Waals surface area (Å²) in [6.45, 7) is 10.2. The highest BCUT2D eigenvalue weighted by Crippen LogP contribution is 2.71. The molecule has 2 heterocycles. The Bertz CT molecular complexity index is 748. The zero-order chi connectivity index (χ0) is 22.6. The van der Waals surface area contributed by atoms with E-state index in [0.717, 1.165) is 38.7 Å². The molecule has 4 aliphatic carbocycles. The molecule has 0 aromatic carbocycles. The van der Waals surface area contributed by atoms with Crippen molar-refractivity contribution in [3.63, 3.8) is 0 Å². The Morgan fingerprint density at radius 2 is 1.56 bits per heavy atom. The lowest BCUT2D eigenvalue weighted by atomic mass is 9.43. The van der Waals surface area contributed by atoms with Crippen LogP contribution in [0.1, 0.15) is 79.1 Å². The van der Waals surface area contributed by atoms with E-state index in [1.807, 2.05) is 0 Å². The van der Waals surface area contributed by atoms with Crippen molar-refractivity contribution < 1.29 is 24.8 Å². The molecule has 4 saturated carbocycles. The summed E-state index contributed by atoms with van der Waals surface area (Å²) in [5.74, 6) is 2.67. The van der Waals surface area contributed by atoms with Crippen LogP contribution in [0.15, 0.2) is 0 Å². The van der Waals surface area contributed by atoms with Crippen molar-refractivity contribution in [1.82, 2.24) is 0 Å². The molecule has 0 aromatic rings. The van der Waals surface area contributed by atoms with Gasteiger partial charge in [-0.3, -0.25) is 0 Å². The van der Waals surface area contributed by atoms with Gasteiger partial charge in [0.2, 0.25) is 0 Å². The highest BCUT2D eigenvalue weighted by atomic mass is 16.7. The second kappa shape index (κ2) is 7.16. The van der Waals surface area contributed by atoms with Crippen LogP contribution in [0, 0.1) is 52.3 Å². The van der Waals surface area contributed by atoms with Crippen LogP contribution >= 0.6 is 0 Å². The molecular weight excluding hydrogens is 404 g/mol. The van der Waals surface area contributed by atoms with E-state index in [-0.39, 0.29) is 29.0 Å². The quantitative estimate of drug-likeness (QED) is 0.526. The summed E-state index contributed by atoms with van der Waals surface area (Å²) in [7, 11) is 0. The standard InChI is InChI=1S/C27H44O5/c1-14-7-8-27(31-13-14)15(2)23-22(32-27)10-18-17-6-5-16-9-19(28)20(29)11-25(16,3)24(17)21(30)12-26(18,23)4/h14-24,28-30H,5-13H2,1-4H3/t14-,15+,16-,17-,18+,19-,20+,21-,22?,23+,24-,25+,26+,27-/m1/s1. The zero-order valence-electron chi connectivity index (χ0n) is 20.4. The van der Waals surface area contributed by atoms with Crippen LogP contribution in [-0.4, -0.2) is 52.1 Å². The number of fused-ring (bicyclic) bond motifs is 7. The average molecular weight is 449 g/mol. The lowest BCUT2D eigenvalue weighted by Crippen LogP contribution is -2.61. The zero-order valence-corrected chi connectivity index (χ0v) is 20.4. The molecule has 1 spiro atoms. The van der Waals surface area contributed by atoms with Gasteiger partial charge in [0.25, 0.3) is 0 Å². The van der Waals surface area contributed by atoms with E-state index in [9.17, 15) is 15.3 Å². The summed E-state index contributed by atoms with van der Waals surface area (Å²) in [6, 6.07) is 0. The van der Waals surface area contributed by atoms with E-state index in [0.29, 0.717) is 48.3 Å². The molecule has 2 saturated heterocycles. The first-order valence-corrected chi connectivity index (χ1v) is 13.4. The fourth-order valence-electron chi connectivity index (χ4n) is 10.4. The Kier molecular flexibility index (Phi) is 4.99. The van der Waals surface area contributed by atoms with Crippen LogP contribution in [-0.2, 0) is 9.47 Å². The highest BCUT2D eigenvalue weighted by molar-refractivity contribution is 5.17. The molecule has 1 unspecified atom stereocenters. The van der Waals surface area contributed by atoms with Gasteiger partial charge in [0.05, 0.1) is 31.0 Å². The first-order chi connectivity index (χ1) is 15.1. The molecule has 182 valence electrons. The predicted molar refractivity (Wildman–Crippen MR) is 121 cm³/mol. The third kappa shape index (κ3) is 2.81. The third-order valence-corrected chi connectivity index (χ3v) is 11.9. The van der Waals surface area contributed by atoms with E-state index in [4.69, 9.17) is 9.47 Å². The van der Waals surface area contributed by atoms with Crippen molar-refractivity contribution in [2.24, 2.45) is 52.3 Å². The van der Waals surface area contributed by atoms with E-state index in [2.05, 4.69) is 27.7 Å². The van der Waals surface area contributed by atoms with Crippen molar-refractivity contribution in [3.8, 4) is 0 Å². The molecule has 5 heteroatoms. The molecule has 14 atom stereocenters. The first-order valence-electron chi connectivity index (χ1n) is 13.4. The molecule has 0 aromatic heterocycles. The topological polar surface area (TPSA) is 79.2 Å². The number of hydrogen-bond donors (Lipinski definition) is 3. The van der Waals surface area contributed by atoms with Crippen molar-refractivity contribution in [1.29, 1.82) is 0 Å². The maximum Gasteiger partial charge on any atom is 0.171 e. The minimum absolute atomic E-state index is 0.0799. The first kappa shape index (κ1) is 22.3. The molecular formula is C27H44O5. The second-order valence-electron chi connectivity index (χ2n) is 13.4. The van der Waals surface area contributed by atoms with Crippen LogP contribution < -0.4 is 0 Å². The van der Waals surface area contributed by atoms with Gasteiger partial charge >= 0.3 is 0 Å². The number of ether oxygens (including phenoxy) is 2. The minimum Gasteiger partial charge on any atom is -0.393 e. The monoisotopic (exact) mass is 448 g/mol. The lowest BCUT2D eigenvalue weighted by molar-refractivity contribution is -0.274. The largest absolute Gasteiger partial charge is 0.393 e. The van der Waals surface area contributed by atoms with E-state index in [1.165, 1.54) is 6.42 Å². The number of aliphatic hydroxyl groups is 3. The van der Waals surface area contributed by atoms with Gasteiger partial charge in [-0.05, 0) is 91.3 Å². The van der Waals surface area contributed by atoms with Crippen molar-refractivity contribution >= 4 is 0 Å². The highest BCUT2D eigenvalue weighted by Gasteiger charge is 2.70. The molecule has 2 aliphatic heterocycles. The van der Waals surface area contributed by atoms with Crippen LogP contribution in [0.25, 0.3) is 0 Å². The van der Waals surface area contributed by atoms with Crippen molar-refractivity contribution in [3.05, 3.63) is 0 Å². The van der Waals surface area contributed by atoms with Crippen molar-refractivity contribution in [2.75, 3.05) is 6.61 Å². The summed E-state index contributed by atoms with van der Waals surface area (Å²) in [5.41, 5.74) is -0.00703. The lowest BCUT2D eigenvalue weighted by Gasteiger charge is -2.63. The van der Waals surface area contributed by atoms with Gasteiger partial charge in [-0.1, -0.05) is 27.7 Å². The molecule has 0 amide bonds. The van der Waals surface area contributed by atoms with Crippen LogP contribution in [0.4, 0.5) is 0 Å². The molecule has 6 fully saturated rings. The second-order valence-corrected chi connectivity index (χ2v) is 13.4. The van der Waals surface area contributed by atoms with E-state index < -0.39 is 18.0 Å². The Labute approximate surface area is 193 Å². The summed E-state index contributed by atoms with van der Waals surface area (Å²) >= 11 is 0. The fraction of sp³-hybridized carbons (Fsp3) is 1.00. The van der Waals surface area contributed by atoms with Gasteiger partial charge in [-0.25, -0.2) is 0 Å². The Balaban J connectivity index is 1.29. The average Bonchev–Trinajstić information content (AvgIpc) is 3.16. The van der Waals surface area contributed by atoms with Crippen LogP contribution in [0.5, 0.6) is 0 Å². The van der Waals surface area contributed by atoms with E-state index >= 15 is 0 Å². The predicted octanol–water partition coefficient (Wildman–Crippen LogP) is 3.74. The summed E-state index contributed by atoms with van der Waals surface area (Å²) < 4.78 is 13.3. The normalized spacial score (nSPS) is 64.0. The maximum atomic E-state index is 11.7. The number of aliphatic hydroxyl groups excluding tert-OH is 3. The van der Waals surface area contributed by atoms with Gasteiger partial charge in [0.1, 0.15) is 0 Å². The maximum absolute atomic E-state index is 11.7. The molecule has 0 radical (unpaired) electrons. The van der Waals surface area contributed by atoms with Gasteiger partial charge in [-0.2, -0.15) is 0 Å². The van der Waals surface area contributed by atoms with E-state index in [1.54, 1.807) is 0 Å². The van der Waals surface area contributed by atoms with Gasteiger partial charge in [0, 0.05) is 12.3 Å². The Morgan fingerprint density at radius 1 is 0.812 bits per heavy atom. The summed E-state index contributed by atoms with van der Waals surface area (Å²) in [4.78, 5) is 0. The number of rotatable bonds is 0. The fourth-order valence-corrected chi connectivity index (χ4v) is 10.4. The Morgan fingerprint density at radius 3 is 2.28 bits per heavy atom. The SMILES string of the molecule is C[C@@H]1CC[C@@]2(OC1)OC1C[C@H]3[C@H]4CC[C@@H]5C[C@@H](O)[C@@H](O)C[C@]5(C)[C@H]4[C@H](O)C[C@]3(C)[C@H]1[C@@H]2C. The molecule has 5 nitrogen and oxygen atoms in total. The van der Waals surface area contributed by atoms with Crippen LogP contribution in [0.2, 0.25) is 0 Å². The summed E-state index contributed by atoms with van der Waals surface area (Å²) in [5, 5.41) is 32.6. The smallest absolute Gasteiger partial charge is 0.171 e.